The number of benzene rings is 2. The van der Waals surface area contributed by atoms with Crippen LogP contribution in [-0.2, 0) is 16.6 Å². The lowest BCUT2D eigenvalue weighted by Gasteiger charge is -2.09. The van der Waals surface area contributed by atoms with Gasteiger partial charge in [0.05, 0.1) is 4.90 Å². The van der Waals surface area contributed by atoms with Gasteiger partial charge in [0.1, 0.15) is 12.4 Å². The van der Waals surface area contributed by atoms with Crippen molar-refractivity contribution in [1.29, 1.82) is 0 Å². The van der Waals surface area contributed by atoms with Crippen LogP contribution in [-0.4, -0.2) is 15.0 Å². The van der Waals surface area contributed by atoms with E-state index in [4.69, 9.17) is 4.74 Å². The highest BCUT2D eigenvalue weighted by molar-refractivity contribution is 7.89. The van der Waals surface area contributed by atoms with Gasteiger partial charge in [-0.15, -0.1) is 0 Å². The summed E-state index contributed by atoms with van der Waals surface area (Å²) in [7, 11) is -3.46. The highest BCUT2D eigenvalue weighted by Gasteiger charge is 2.13. The minimum Gasteiger partial charge on any atom is -0.489 e. The molecular formula is C16H19NO3S. The van der Waals surface area contributed by atoms with Crippen LogP contribution in [0.25, 0.3) is 0 Å². The smallest absolute Gasteiger partial charge is 0.240 e. The third kappa shape index (κ3) is 4.58. The minimum absolute atomic E-state index is 0.224. The maximum atomic E-state index is 12.1. The molecule has 2 aromatic carbocycles. The van der Waals surface area contributed by atoms with Crippen molar-refractivity contribution in [1.82, 2.24) is 4.72 Å². The molecule has 1 N–H and O–H groups in total. The second-order valence-corrected chi connectivity index (χ2v) is 6.41. The Morgan fingerprint density at radius 3 is 2.52 bits per heavy atom. The minimum atomic E-state index is -3.46. The monoisotopic (exact) mass is 305 g/mol. The normalized spacial score (nSPS) is 11.3. The number of hydrogen-bond donors (Lipinski definition) is 1. The maximum absolute atomic E-state index is 12.1. The molecule has 0 aliphatic carbocycles. The van der Waals surface area contributed by atoms with Gasteiger partial charge in [0, 0.05) is 12.6 Å². The van der Waals surface area contributed by atoms with E-state index >= 15 is 0 Å². The molecule has 0 amide bonds. The largest absolute Gasteiger partial charge is 0.489 e. The van der Waals surface area contributed by atoms with Gasteiger partial charge in [-0.1, -0.05) is 43.3 Å². The van der Waals surface area contributed by atoms with Gasteiger partial charge < -0.3 is 4.74 Å². The van der Waals surface area contributed by atoms with Gasteiger partial charge in [0.2, 0.25) is 10.0 Å². The Labute approximate surface area is 125 Å². The summed E-state index contributed by atoms with van der Waals surface area (Å²) in [6.45, 7) is 2.76. The molecule has 112 valence electrons. The molecule has 0 bridgehead atoms. The molecule has 2 aromatic rings. The Morgan fingerprint density at radius 2 is 1.81 bits per heavy atom. The summed E-state index contributed by atoms with van der Waals surface area (Å²) in [6.07, 6.45) is 0.753. The van der Waals surface area contributed by atoms with Crippen molar-refractivity contribution in [2.24, 2.45) is 0 Å². The lowest BCUT2D eigenvalue weighted by Crippen LogP contribution is -2.24. The standard InChI is InChI=1S/C16H19NO3S/c1-2-11-17-21(18,19)16-10-6-9-15(12-16)20-13-14-7-4-3-5-8-14/h3-10,12,17H,2,11,13H2,1H3. The van der Waals surface area contributed by atoms with E-state index < -0.39 is 10.0 Å². The van der Waals surface area contributed by atoms with Gasteiger partial charge >= 0.3 is 0 Å². The van der Waals surface area contributed by atoms with Gasteiger partial charge in [0.25, 0.3) is 0 Å². The topological polar surface area (TPSA) is 55.4 Å². The molecule has 0 atom stereocenters. The summed E-state index contributed by atoms with van der Waals surface area (Å²) in [5.74, 6) is 0.540. The first kappa shape index (κ1) is 15.5. The Bertz CT molecular complexity index is 669. The van der Waals surface area contributed by atoms with Crippen LogP contribution in [0.2, 0.25) is 0 Å². The molecule has 0 unspecified atom stereocenters. The molecule has 0 radical (unpaired) electrons. The van der Waals surface area contributed by atoms with Gasteiger partial charge in [-0.2, -0.15) is 0 Å². The number of sulfonamides is 1. The second kappa shape index (κ2) is 7.24. The van der Waals surface area contributed by atoms with Crippen LogP contribution in [0.15, 0.2) is 59.5 Å². The molecule has 21 heavy (non-hydrogen) atoms. The molecule has 0 aromatic heterocycles. The van der Waals surface area contributed by atoms with Gasteiger partial charge in [-0.3, -0.25) is 0 Å². The fourth-order valence-corrected chi connectivity index (χ4v) is 2.96. The fraction of sp³-hybridized carbons (Fsp3) is 0.250. The first-order valence-corrected chi connectivity index (χ1v) is 8.36. The first-order chi connectivity index (χ1) is 10.1. The van der Waals surface area contributed by atoms with E-state index in [1.807, 2.05) is 37.3 Å². The van der Waals surface area contributed by atoms with Crippen molar-refractivity contribution < 1.29 is 13.2 Å². The van der Waals surface area contributed by atoms with Crippen molar-refractivity contribution in [3.05, 3.63) is 60.2 Å². The van der Waals surface area contributed by atoms with Crippen molar-refractivity contribution >= 4 is 10.0 Å². The van der Waals surface area contributed by atoms with Crippen molar-refractivity contribution in [3.8, 4) is 5.75 Å². The predicted octanol–water partition coefficient (Wildman–Crippen LogP) is 2.95. The second-order valence-electron chi connectivity index (χ2n) is 4.65. The first-order valence-electron chi connectivity index (χ1n) is 6.88. The number of ether oxygens (including phenoxy) is 1. The molecular weight excluding hydrogens is 286 g/mol. The Morgan fingerprint density at radius 1 is 1.05 bits per heavy atom. The SMILES string of the molecule is CCCNS(=O)(=O)c1cccc(OCc2ccccc2)c1. The zero-order valence-corrected chi connectivity index (χ0v) is 12.8. The van der Waals surface area contributed by atoms with Crippen LogP contribution in [0, 0.1) is 0 Å². The van der Waals surface area contributed by atoms with E-state index in [9.17, 15) is 8.42 Å². The van der Waals surface area contributed by atoms with Gasteiger partial charge in [-0.25, -0.2) is 13.1 Å². The van der Waals surface area contributed by atoms with E-state index in [0.29, 0.717) is 18.9 Å². The van der Waals surface area contributed by atoms with E-state index in [2.05, 4.69) is 4.72 Å². The third-order valence-electron chi connectivity index (χ3n) is 2.91. The van der Waals surface area contributed by atoms with Crippen molar-refractivity contribution in [3.63, 3.8) is 0 Å². The van der Waals surface area contributed by atoms with Crippen LogP contribution in [0.5, 0.6) is 5.75 Å². The van der Waals surface area contributed by atoms with Crippen LogP contribution in [0.4, 0.5) is 0 Å². The van der Waals surface area contributed by atoms with Crippen LogP contribution in [0.1, 0.15) is 18.9 Å². The number of rotatable bonds is 7. The van der Waals surface area contributed by atoms with Gasteiger partial charge in [0.15, 0.2) is 0 Å². The molecule has 0 spiro atoms. The predicted molar refractivity (Wildman–Crippen MR) is 82.7 cm³/mol. The molecule has 0 fully saturated rings. The maximum Gasteiger partial charge on any atom is 0.240 e. The van der Waals surface area contributed by atoms with E-state index in [1.165, 1.54) is 0 Å². The molecule has 2 rings (SSSR count). The molecule has 0 saturated heterocycles. The average Bonchev–Trinajstić information content (AvgIpc) is 2.52. The highest BCUT2D eigenvalue weighted by Crippen LogP contribution is 2.18. The summed E-state index contributed by atoms with van der Waals surface area (Å²) >= 11 is 0. The Hall–Kier alpha value is -1.85. The average molecular weight is 305 g/mol. The third-order valence-corrected chi connectivity index (χ3v) is 4.36. The quantitative estimate of drug-likeness (QED) is 0.855. The van der Waals surface area contributed by atoms with Crippen LogP contribution in [0.3, 0.4) is 0 Å². The summed E-state index contributed by atoms with van der Waals surface area (Å²) in [5.41, 5.74) is 1.04. The summed E-state index contributed by atoms with van der Waals surface area (Å²) in [5, 5.41) is 0. The van der Waals surface area contributed by atoms with E-state index in [-0.39, 0.29) is 4.90 Å². The molecule has 0 saturated carbocycles. The summed E-state index contributed by atoms with van der Waals surface area (Å²) in [6, 6.07) is 16.3. The number of hydrogen-bond acceptors (Lipinski definition) is 3. The van der Waals surface area contributed by atoms with Crippen molar-refractivity contribution in [2.75, 3.05) is 6.54 Å². The molecule has 4 nitrogen and oxygen atoms in total. The zero-order chi connectivity index (χ0) is 15.1. The van der Waals surface area contributed by atoms with Crippen LogP contribution < -0.4 is 9.46 Å². The molecule has 5 heteroatoms. The molecule has 0 heterocycles. The zero-order valence-electron chi connectivity index (χ0n) is 12.0. The van der Waals surface area contributed by atoms with Crippen molar-refractivity contribution in [2.45, 2.75) is 24.8 Å². The summed E-state index contributed by atoms with van der Waals surface area (Å²) < 4.78 is 32.3. The molecule has 0 aliphatic rings. The Balaban J connectivity index is 2.07. The fourth-order valence-electron chi connectivity index (χ4n) is 1.79. The number of nitrogens with one attached hydrogen (secondary N) is 1. The Kier molecular flexibility index (Phi) is 5.36. The van der Waals surface area contributed by atoms with E-state index in [0.717, 1.165) is 12.0 Å². The van der Waals surface area contributed by atoms with Crippen LogP contribution >= 0.6 is 0 Å². The highest BCUT2D eigenvalue weighted by atomic mass is 32.2. The molecule has 0 aliphatic heterocycles. The lowest BCUT2D eigenvalue weighted by molar-refractivity contribution is 0.305. The summed E-state index contributed by atoms with van der Waals surface area (Å²) in [4.78, 5) is 0.224. The van der Waals surface area contributed by atoms with Gasteiger partial charge in [-0.05, 0) is 24.1 Å². The van der Waals surface area contributed by atoms with E-state index in [1.54, 1.807) is 24.3 Å². The lowest BCUT2D eigenvalue weighted by atomic mass is 10.2.